The normalized spacial score (nSPS) is 53.9. The first-order valence-electron chi connectivity index (χ1n) is 8.62. The van der Waals surface area contributed by atoms with Crippen molar-refractivity contribution in [3.63, 3.8) is 0 Å². The summed E-state index contributed by atoms with van der Waals surface area (Å²) in [5, 5.41) is 10.4. The number of hydrogen-bond donors (Lipinski definition) is 1. The predicted molar refractivity (Wildman–Crippen MR) is 82.2 cm³/mol. The summed E-state index contributed by atoms with van der Waals surface area (Å²) in [5.74, 6) is 2.34. The smallest absolute Gasteiger partial charge is 0.0599 e. The van der Waals surface area contributed by atoms with Gasteiger partial charge in [0.25, 0.3) is 0 Å². The van der Waals surface area contributed by atoms with Gasteiger partial charge in [-0.05, 0) is 62.7 Å². The molecule has 0 amide bonds. The van der Waals surface area contributed by atoms with Crippen LogP contribution in [0.1, 0.15) is 58.8 Å². The van der Waals surface area contributed by atoms with Crippen LogP contribution in [0.4, 0.5) is 0 Å². The minimum atomic E-state index is -0.0715. The summed E-state index contributed by atoms with van der Waals surface area (Å²) in [5.41, 5.74) is 2.23. The minimum Gasteiger partial charge on any atom is -0.393 e. The van der Waals surface area contributed by atoms with E-state index in [4.69, 9.17) is 0 Å². The van der Waals surface area contributed by atoms with Crippen molar-refractivity contribution in [1.29, 1.82) is 0 Å². The Kier molecular flexibility index (Phi) is 2.77. The molecule has 0 bridgehead atoms. The molecule has 1 N–H and O–H groups in total. The Morgan fingerprint density at radius 2 is 1.95 bits per heavy atom. The van der Waals surface area contributed by atoms with Crippen molar-refractivity contribution in [3.8, 4) is 0 Å². The van der Waals surface area contributed by atoms with E-state index in [0.717, 1.165) is 30.6 Å². The quantitative estimate of drug-likeness (QED) is 0.645. The van der Waals surface area contributed by atoms with Gasteiger partial charge in [0.15, 0.2) is 0 Å². The van der Waals surface area contributed by atoms with E-state index in [1.165, 1.54) is 32.1 Å². The van der Waals surface area contributed by atoms with Gasteiger partial charge in [0.05, 0.1) is 6.10 Å². The van der Waals surface area contributed by atoms with Crippen molar-refractivity contribution in [2.24, 2.45) is 28.6 Å². The maximum atomic E-state index is 10.4. The monoisotopic (exact) mass is 272 g/mol. The van der Waals surface area contributed by atoms with Crippen molar-refractivity contribution >= 4 is 0 Å². The van der Waals surface area contributed by atoms with Crippen molar-refractivity contribution in [2.75, 3.05) is 0 Å². The van der Waals surface area contributed by atoms with Crippen LogP contribution in [0.3, 0.4) is 0 Å². The molecule has 2 fully saturated rings. The highest BCUT2D eigenvalue weighted by atomic mass is 16.3. The molecule has 0 aromatic rings. The van der Waals surface area contributed by atoms with Crippen molar-refractivity contribution in [1.82, 2.24) is 0 Å². The van der Waals surface area contributed by atoms with Crippen LogP contribution in [0.5, 0.6) is 0 Å². The Morgan fingerprint density at radius 3 is 2.80 bits per heavy atom. The van der Waals surface area contributed by atoms with Crippen LogP contribution in [0.15, 0.2) is 23.8 Å². The molecule has 110 valence electrons. The highest BCUT2D eigenvalue weighted by Gasteiger charge is 2.55. The van der Waals surface area contributed by atoms with Gasteiger partial charge in [0.2, 0.25) is 0 Å². The zero-order chi connectivity index (χ0) is 14.0. The van der Waals surface area contributed by atoms with Crippen LogP contribution in [0, 0.1) is 28.6 Å². The number of allylic oxidation sites excluding steroid dienone is 4. The Hall–Kier alpha value is -0.560. The van der Waals surface area contributed by atoms with Crippen LogP contribution < -0.4 is 0 Å². The molecule has 0 aromatic carbocycles. The molecule has 2 unspecified atom stereocenters. The van der Waals surface area contributed by atoms with Crippen LogP contribution >= 0.6 is 0 Å². The van der Waals surface area contributed by atoms with Gasteiger partial charge in [0, 0.05) is 10.8 Å². The first-order chi connectivity index (χ1) is 9.56. The lowest BCUT2D eigenvalue weighted by molar-refractivity contribution is 0.00518. The Labute approximate surface area is 123 Å². The predicted octanol–water partition coefficient (Wildman–Crippen LogP) is 4.48. The van der Waals surface area contributed by atoms with Crippen molar-refractivity contribution < 1.29 is 5.11 Å². The van der Waals surface area contributed by atoms with E-state index in [-0.39, 0.29) is 11.5 Å². The molecule has 0 aromatic heterocycles. The van der Waals surface area contributed by atoms with E-state index >= 15 is 0 Å². The van der Waals surface area contributed by atoms with Crippen LogP contribution in [-0.4, -0.2) is 11.2 Å². The standard InChI is InChI=1S/C19H28O/c1-18-11-4-3-5-13(18)6-7-14-15-8-9-17(20)19(15,2)12-10-16(14)18/h4,10-11,13-15,17,20H,3,5-9,12H2,1-2H3/t13?,14-,15-,17?,18-,19-/m0/s1. The molecule has 4 aliphatic rings. The van der Waals surface area contributed by atoms with Gasteiger partial charge in [0.1, 0.15) is 0 Å². The maximum absolute atomic E-state index is 10.4. The number of aliphatic hydroxyl groups is 1. The second-order valence-corrected chi connectivity index (χ2v) is 8.21. The molecule has 0 heterocycles. The fraction of sp³-hybridized carbons (Fsp3) is 0.789. The van der Waals surface area contributed by atoms with Crippen LogP contribution in [0.2, 0.25) is 0 Å². The lowest BCUT2D eigenvalue weighted by Gasteiger charge is -2.54. The molecule has 0 spiro atoms. The molecule has 0 aliphatic heterocycles. The molecule has 20 heavy (non-hydrogen) atoms. The molecule has 6 atom stereocenters. The fourth-order valence-electron chi connectivity index (χ4n) is 6.08. The Bertz CT molecular complexity index is 476. The lowest BCUT2D eigenvalue weighted by Crippen LogP contribution is -2.46. The third kappa shape index (κ3) is 1.53. The fourth-order valence-corrected chi connectivity index (χ4v) is 6.08. The third-order valence-corrected chi connectivity index (χ3v) is 7.45. The molecule has 4 aliphatic carbocycles. The van der Waals surface area contributed by atoms with E-state index in [1.54, 1.807) is 5.57 Å². The van der Waals surface area contributed by atoms with Gasteiger partial charge < -0.3 is 5.11 Å². The molecular formula is C19H28O. The third-order valence-electron chi connectivity index (χ3n) is 7.45. The van der Waals surface area contributed by atoms with Crippen molar-refractivity contribution in [2.45, 2.75) is 64.9 Å². The second-order valence-electron chi connectivity index (χ2n) is 8.21. The molecule has 0 radical (unpaired) electrons. The van der Waals surface area contributed by atoms with E-state index in [9.17, 15) is 5.11 Å². The lowest BCUT2D eigenvalue weighted by atomic mass is 9.51. The number of fused-ring (bicyclic) bond motifs is 5. The summed E-state index contributed by atoms with van der Waals surface area (Å²) in [6.45, 7) is 4.83. The SMILES string of the molecule is C[C@]12C=CCCC1CC[C@@H]1C2=CC[C@]2(C)C(O)CC[C@@H]12. The van der Waals surface area contributed by atoms with Crippen LogP contribution in [0.25, 0.3) is 0 Å². The first kappa shape index (κ1) is 13.1. The summed E-state index contributed by atoms with van der Waals surface area (Å²) in [7, 11) is 0. The summed E-state index contributed by atoms with van der Waals surface area (Å²) in [6.07, 6.45) is 16.2. The minimum absolute atomic E-state index is 0.0715. The van der Waals surface area contributed by atoms with E-state index in [2.05, 4.69) is 32.1 Å². The van der Waals surface area contributed by atoms with Gasteiger partial charge in [-0.15, -0.1) is 0 Å². The molecular weight excluding hydrogens is 244 g/mol. The highest BCUT2D eigenvalue weighted by Crippen LogP contribution is 2.62. The van der Waals surface area contributed by atoms with E-state index in [0.29, 0.717) is 5.41 Å². The topological polar surface area (TPSA) is 20.2 Å². The number of aliphatic hydroxyl groups excluding tert-OH is 1. The summed E-state index contributed by atoms with van der Waals surface area (Å²) in [6, 6.07) is 0. The summed E-state index contributed by atoms with van der Waals surface area (Å²) in [4.78, 5) is 0. The Balaban J connectivity index is 1.76. The van der Waals surface area contributed by atoms with Gasteiger partial charge >= 0.3 is 0 Å². The number of hydrogen-bond acceptors (Lipinski definition) is 1. The second kappa shape index (κ2) is 4.22. The average Bonchev–Trinajstić information content (AvgIpc) is 2.74. The number of rotatable bonds is 0. The van der Waals surface area contributed by atoms with Gasteiger partial charge in [-0.25, -0.2) is 0 Å². The van der Waals surface area contributed by atoms with Gasteiger partial charge in [-0.2, -0.15) is 0 Å². The van der Waals surface area contributed by atoms with Gasteiger partial charge in [-0.3, -0.25) is 0 Å². The molecule has 0 saturated heterocycles. The molecule has 1 nitrogen and oxygen atoms in total. The Morgan fingerprint density at radius 1 is 1.10 bits per heavy atom. The van der Waals surface area contributed by atoms with E-state index < -0.39 is 0 Å². The highest BCUT2D eigenvalue weighted by molar-refractivity contribution is 5.33. The summed E-state index contributed by atoms with van der Waals surface area (Å²) >= 11 is 0. The average molecular weight is 272 g/mol. The zero-order valence-corrected chi connectivity index (χ0v) is 12.9. The molecule has 4 rings (SSSR count). The van der Waals surface area contributed by atoms with Crippen molar-refractivity contribution in [3.05, 3.63) is 23.8 Å². The first-order valence-corrected chi connectivity index (χ1v) is 8.62. The zero-order valence-electron chi connectivity index (χ0n) is 12.9. The maximum Gasteiger partial charge on any atom is 0.0599 e. The van der Waals surface area contributed by atoms with Gasteiger partial charge in [-0.1, -0.05) is 37.6 Å². The largest absolute Gasteiger partial charge is 0.393 e. The molecule has 2 saturated carbocycles. The summed E-state index contributed by atoms with van der Waals surface area (Å²) < 4.78 is 0. The van der Waals surface area contributed by atoms with Crippen LogP contribution in [-0.2, 0) is 0 Å². The molecule has 1 heteroatoms. The van der Waals surface area contributed by atoms with E-state index in [1.807, 2.05) is 0 Å².